The normalized spacial score (nSPS) is 26.9. The van der Waals surface area contributed by atoms with Gasteiger partial charge in [0.2, 0.25) is 5.91 Å². The van der Waals surface area contributed by atoms with Crippen molar-refractivity contribution in [2.45, 2.75) is 44.2 Å². The largest absolute Gasteiger partial charge is 0.378 e. The molecule has 4 nitrogen and oxygen atoms in total. The van der Waals surface area contributed by atoms with Gasteiger partial charge in [0, 0.05) is 19.7 Å². The molecule has 2 aliphatic rings. The molecule has 0 aromatic heterocycles. The van der Waals surface area contributed by atoms with Crippen LogP contribution in [0.25, 0.3) is 0 Å². The van der Waals surface area contributed by atoms with Crippen molar-refractivity contribution in [2.75, 3.05) is 26.7 Å². The van der Waals surface area contributed by atoms with Crippen LogP contribution >= 0.6 is 0 Å². The number of carbonyl (C=O) groups excluding carboxylic acids is 1. The molecule has 0 aromatic rings. The standard InChI is InChI=1S/C12H22N2O2/c1-14(10-4-6-13-7-5-10)12(15)9-11-3-2-8-16-11/h10-11,13H,2-9H2,1H3. The zero-order valence-corrected chi connectivity index (χ0v) is 10.1. The summed E-state index contributed by atoms with van der Waals surface area (Å²) in [6, 6.07) is 0.426. The topological polar surface area (TPSA) is 41.6 Å². The van der Waals surface area contributed by atoms with Gasteiger partial charge in [-0.1, -0.05) is 0 Å². The Kier molecular flexibility index (Phi) is 4.18. The number of nitrogens with zero attached hydrogens (tertiary/aromatic N) is 1. The Morgan fingerprint density at radius 3 is 2.75 bits per heavy atom. The van der Waals surface area contributed by atoms with Crippen LogP contribution in [0.15, 0.2) is 0 Å². The predicted molar refractivity (Wildman–Crippen MR) is 62.3 cm³/mol. The van der Waals surface area contributed by atoms with Crippen molar-refractivity contribution in [2.24, 2.45) is 0 Å². The number of piperidine rings is 1. The summed E-state index contributed by atoms with van der Waals surface area (Å²) in [4.78, 5) is 14.0. The molecule has 1 amide bonds. The minimum absolute atomic E-state index is 0.177. The van der Waals surface area contributed by atoms with Crippen LogP contribution in [0, 0.1) is 0 Å². The third-order valence-electron chi connectivity index (χ3n) is 3.68. The van der Waals surface area contributed by atoms with E-state index in [0.29, 0.717) is 12.5 Å². The lowest BCUT2D eigenvalue weighted by Crippen LogP contribution is -2.44. The molecule has 1 N–H and O–H groups in total. The lowest BCUT2D eigenvalue weighted by molar-refractivity contribution is -0.134. The molecule has 1 unspecified atom stereocenters. The van der Waals surface area contributed by atoms with Crippen LogP contribution in [0.2, 0.25) is 0 Å². The summed E-state index contributed by atoms with van der Waals surface area (Å²) in [7, 11) is 1.94. The maximum Gasteiger partial charge on any atom is 0.225 e. The summed E-state index contributed by atoms with van der Waals surface area (Å²) in [6.45, 7) is 2.89. The van der Waals surface area contributed by atoms with Crippen molar-refractivity contribution in [1.82, 2.24) is 10.2 Å². The Morgan fingerprint density at radius 1 is 1.38 bits per heavy atom. The van der Waals surface area contributed by atoms with Gasteiger partial charge in [0.05, 0.1) is 12.5 Å². The van der Waals surface area contributed by atoms with E-state index < -0.39 is 0 Å². The minimum Gasteiger partial charge on any atom is -0.378 e. The fraction of sp³-hybridized carbons (Fsp3) is 0.917. The highest BCUT2D eigenvalue weighted by molar-refractivity contribution is 5.76. The molecule has 2 fully saturated rings. The molecule has 0 bridgehead atoms. The molecule has 2 rings (SSSR count). The SMILES string of the molecule is CN(C(=O)CC1CCCO1)C1CCNCC1. The second kappa shape index (κ2) is 5.64. The van der Waals surface area contributed by atoms with E-state index in [0.717, 1.165) is 45.4 Å². The van der Waals surface area contributed by atoms with Crippen molar-refractivity contribution >= 4 is 5.91 Å². The first-order valence-corrected chi connectivity index (χ1v) is 6.35. The summed E-state index contributed by atoms with van der Waals surface area (Å²) in [5, 5.41) is 3.32. The molecule has 2 heterocycles. The van der Waals surface area contributed by atoms with Gasteiger partial charge in [0.25, 0.3) is 0 Å². The van der Waals surface area contributed by atoms with Gasteiger partial charge in [0.1, 0.15) is 0 Å². The summed E-state index contributed by atoms with van der Waals surface area (Å²) in [5.74, 6) is 0.249. The van der Waals surface area contributed by atoms with Crippen LogP contribution in [0.1, 0.15) is 32.1 Å². The van der Waals surface area contributed by atoms with Crippen molar-refractivity contribution in [3.63, 3.8) is 0 Å². The average Bonchev–Trinajstić information content (AvgIpc) is 2.82. The van der Waals surface area contributed by atoms with Gasteiger partial charge < -0.3 is 15.0 Å². The monoisotopic (exact) mass is 226 g/mol. The zero-order valence-electron chi connectivity index (χ0n) is 10.1. The second-order valence-electron chi connectivity index (χ2n) is 4.82. The first-order valence-electron chi connectivity index (χ1n) is 6.35. The lowest BCUT2D eigenvalue weighted by atomic mass is 10.0. The van der Waals surface area contributed by atoms with E-state index in [2.05, 4.69) is 5.32 Å². The van der Waals surface area contributed by atoms with Crippen molar-refractivity contribution in [3.8, 4) is 0 Å². The molecule has 0 spiro atoms. The number of hydrogen-bond donors (Lipinski definition) is 1. The van der Waals surface area contributed by atoms with Crippen molar-refractivity contribution in [3.05, 3.63) is 0 Å². The molecular weight excluding hydrogens is 204 g/mol. The van der Waals surface area contributed by atoms with Crippen LogP contribution in [-0.2, 0) is 9.53 Å². The highest BCUT2D eigenvalue weighted by atomic mass is 16.5. The zero-order chi connectivity index (χ0) is 11.4. The number of carbonyl (C=O) groups is 1. The third kappa shape index (κ3) is 2.95. The van der Waals surface area contributed by atoms with E-state index >= 15 is 0 Å². The number of ether oxygens (including phenoxy) is 1. The predicted octanol–water partition coefficient (Wildman–Crippen LogP) is 0.766. The summed E-state index contributed by atoms with van der Waals surface area (Å²) < 4.78 is 5.50. The van der Waals surface area contributed by atoms with Crippen LogP contribution in [-0.4, -0.2) is 49.7 Å². The van der Waals surface area contributed by atoms with E-state index in [-0.39, 0.29) is 12.0 Å². The van der Waals surface area contributed by atoms with Gasteiger partial charge >= 0.3 is 0 Å². The molecule has 4 heteroatoms. The minimum atomic E-state index is 0.177. The van der Waals surface area contributed by atoms with Gasteiger partial charge in [-0.3, -0.25) is 4.79 Å². The molecule has 0 aliphatic carbocycles. The number of rotatable bonds is 3. The Balaban J connectivity index is 1.78. The molecule has 2 aliphatic heterocycles. The summed E-state index contributed by atoms with van der Waals surface area (Å²) in [5.41, 5.74) is 0. The molecule has 92 valence electrons. The van der Waals surface area contributed by atoms with Crippen LogP contribution in [0.3, 0.4) is 0 Å². The average molecular weight is 226 g/mol. The highest BCUT2D eigenvalue weighted by Gasteiger charge is 2.25. The lowest BCUT2D eigenvalue weighted by Gasteiger charge is -2.32. The number of hydrogen-bond acceptors (Lipinski definition) is 3. The molecule has 16 heavy (non-hydrogen) atoms. The van der Waals surface area contributed by atoms with Gasteiger partial charge in [-0.15, -0.1) is 0 Å². The first kappa shape index (κ1) is 11.9. The second-order valence-corrected chi connectivity index (χ2v) is 4.82. The Morgan fingerprint density at radius 2 is 2.12 bits per heavy atom. The maximum atomic E-state index is 12.0. The van der Waals surface area contributed by atoms with E-state index in [1.165, 1.54) is 0 Å². The highest BCUT2D eigenvalue weighted by Crippen LogP contribution is 2.18. The van der Waals surface area contributed by atoms with Gasteiger partial charge in [-0.05, 0) is 38.8 Å². The van der Waals surface area contributed by atoms with Gasteiger partial charge in [-0.25, -0.2) is 0 Å². The van der Waals surface area contributed by atoms with Gasteiger partial charge in [-0.2, -0.15) is 0 Å². The Labute approximate surface area is 97.3 Å². The van der Waals surface area contributed by atoms with Crippen molar-refractivity contribution < 1.29 is 9.53 Å². The van der Waals surface area contributed by atoms with Gasteiger partial charge in [0.15, 0.2) is 0 Å². The van der Waals surface area contributed by atoms with E-state index in [4.69, 9.17) is 4.74 Å². The molecule has 2 saturated heterocycles. The molecule has 0 radical (unpaired) electrons. The Bertz CT molecular complexity index is 233. The van der Waals surface area contributed by atoms with Crippen LogP contribution < -0.4 is 5.32 Å². The van der Waals surface area contributed by atoms with Crippen molar-refractivity contribution in [1.29, 1.82) is 0 Å². The Hall–Kier alpha value is -0.610. The number of amides is 1. The summed E-state index contributed by atoms with van der Waals surface area (Å²) >= 11 is 0. The number of nitrogens with one attached hydrogen (secondary N) is 1. The summed E-state index contributed by atoms with van der Waals surface area (Å²) in [6.07, 6.45) is 5.06. The fourth-order valence-electron chi connectivity index (χ4n) is 2.54. The first-order chi connectivity index (χ1) is 7.77. The quantitative estimate of drug-likeness (QED) is 0.772. The van der Waals surface area contributed by atoms with E-state index in [1.54, 1.807) is 0 Å². The molecule has 1 atom stereocenters. The van der Waals surface area contributed by atoms with E-state index in [9.17, 15) is 4.79 Å². The van der Waals surface area contributed by atoms with Crippen LogP contribution in [0.4, 0.5) is 0 Å². The smallest absolute Gasteiger partial charge is 0.225 e. The molecule has 0 aromatic carbocycles. The maximum absolute atomic E-state index is 12.0. The van der Waals surface area contributed by atoms with E-state index in [1.807, 2.05) is 11.9 Å². The molecular formula is C12H22N2O2. The molecule has 0 saturated carbocycles. The van der Waals surface area contributed by atoms with Crippen LogP contribution in [0.5, 0.6) is 0 Å². The fourth-order valence-corrected chi connectivity index (χ4v) is 2.54. The third-order valence-corrected chi connectivity index (χ3v) is 3.68.